The van der Waals surface area contributed by atoms with Gasteiger partial charge in [0, 0.05) is 23.1 Å². The summed E-state index contributed by atoms with van der Waals surface area (Å²) in [5.74, 6) is -0.699. The Labute approximate surface area is 194 Å². The van der Waals surface area contributed by atoms with Crippen LogP contribution in [0.15, 0.2) is 42.5 Å². The molecule has 168 valence electrons. The molecule has 0 aromatic heterocycles. The third-order valence-corrected chi connectivity index (χ3v) is 8.13. The molecule has 0 unspecified atom stereocenters. The third kappa shape index (κ3) is 6.22. The number of hydrogen-bond acceptors (Lipinski definition) is 3. The number of nitrogens with zero attached hydrogens (tertiary/aromatic N) is 1. The van der Waals surface area contributed by atoms with Gasteiger partial charge in [0.1, 0.15) is 0 Å². The lowest BCUT2D eigenvalue weighted by atomic mass is 9.97. The van der Waals surface area contributed by atoms with Crippen LogP contribution in [-0.2, 0) is 27.0 Å². The summed E-state index contributed by atoms with van der Waals surface area (Å²) < 4.78 is 27.3. The molecule has 1 N–H and O–H groups in total. The van der Waals surface area contributed by atoms with Gasteiger partial charge < -0.3 is 5.32 Å². The van der Waals surface area contributed by atoms with Crippen molar-refractivity contribution in [2.75, 3.05) is 13.1 Å². The van der Waals surface area contributed by atoms with E-state index in [0.717, 1.165) is 12.0 Å². The predicted molar refractivity (Wildman–Crippen MR) is 126 cm³/mol. The van der Waals surface area contributed by atoms with Gasteiger partial charge in [0.15, 0.2) is 0 Å². The normalized spacial score (nSPS) is 18.5. The van der Waals surface area contributed by atoms with Gasteiger partial charge >= 0.3 is 0 Å². The first-order valence-electron chi connectivity index (χ1n) is 10.5. The summed E-state index contributed by atoms with van der Waals surface area (Å²) >= 11 is 12.1. The zero-order valence-electron chi connectivity index (χ0n) is 17.8. The monoisotopic (exact) mass is 482 g/mol. The standard InChI is InChI=1S/C23H28Cl2N2O3S/c1-3-17-6-8-18(9-7-17)16(2)26-23(28)19-5-4-12-27(14-19)31(29,30)15-20-10-11-21(24)13-22(20)25/h6-11,13,16,19H,3-5,12,14-15H2,1-2H3,(H,26,28)/t16-,19+/m0/s1. The Morgan fingerprint density at radius 1 is 1.19 bits per heavy atom. The fourth-order valence-electron chi connectivity index (χ4n) is 3.79. The molecule has 31 heavy (non-hydrogen) atoms. The van der Waals surface area contributed by atoms with E-state index in [4.69, 9.17) is 23.2 Å². The highest BCUT2D eigenvalue weighted by Gasteiger charge is 2.33. The molecule has 3 rings (SSSR count). The van der Waals surface area contributed by atoms with Gasteiger partial charge in [-0.2, -0.15) is 0 Å². The maximum Gasteiger partial charge on any atom is 0.224 e. The molecule has 1 fully saturated rings. The second kappa shape index (κ2) is 10.3. The Kier molecular flexibility index (Phi) is 8.03. The van der Waals surface area contributed by atoms with Gasteiger partial charge in [0.25, 0.3) is 0 Å². The van der Waals surface area contributed by atoms with Gasteiger partial charge in [-0.25, -0.2) is 12.7 Å². The molecule has 0 bridgehead atoms. The van der Waals surface area contributed by atoms with Crippen molar-refractivity contribution in [1.29, 1.82) is 0 Å². The molecule has 0 aliphatic carbocycles. The van der Waals surface area contributed by atoms with Gasteiger partial charge in [0.05, 0.1) is 17.7 Å². The van der Waals surface area contributed by atoms with E-state index in [9.17, 15) is 13.2 Å². The van der Waals surface area contributed by atoms with Gasteiger partial charge in [-0.3, -0.25) is 4.79 Å². The Hall–Kier alpha value is -1.60. The Morgan fingerprint density at radius 3 is 2.55 bits per heavy atom. The first-order valence-corrected chi connectivity index (χ1v) is 12.9. The van der Waals surface area contributed by atoms with Crippen molar-refractivity contribution in [3.63, 3.8) is 0 Å². The third-order valence-electron chi connectivity index (χ3n) is 5.75. The van der Waals surface area contributed by atoms with Crippen LogP contribution in [0.5, 0.6) is 0 Å². The molecule has 8 heteroatoms. The summed E-state index contributed by atoms with van der Waals surface area (Å²) in [5, 5.41) is 3.83. The Bertz CT molecular complexity index is 1030. The molecule has 1 aliphatic heterocycles. The molecule has 2 aromatic carbocycles. The molecule has 0 saturated carbocycles. The summed E-state index contributed by atoms with van der Waals surface area (Å²) in [6, 6.07) is 12.8. The molecular formula is C23H28Cl2N2O3S. The van der Waals surface area contributed by atoms with Gasteiger partial charge in [-0.15, -0.1) is 0 Å². The van der Waals surface area contributed by atoms with Crippen LogP contribution in [0.4, 0.5) is 0 Å². The average molecular weight is 483 g/mol. The SMILES string of the molecule is CCc1ccc([C@H](C)NC(=O)[C@@H]2CCCN(S(=O)(=O)Cc3ccc(Cl)cc3Cl)C2)cc1. The van der Waals surface area contributed by atoms with Crippen LogP contribution < -0.4 is 5.32 Å². The number of nitrogens with one attached hydrogen (secondary N) is 1. The van der Waals surface area contributed by atoms with Crippen LogP contribution in [-0.4, -0.2) is 31.7 Å². The van der Waals surface area contributed by atoms with Crippen molar-refractivity contribution in [3.8, 4) is 0 Å². The Morgan fingerprint density at radius 2 is 1.90 bits per heavy atom. The summed E-state index contributed by atoms with van der Waals surface area (Å²) in [7, 11) is -3.60. The van der Waals surface area contributed by atoms with E-state index in [-0.39, 0.29) is 30.2 Å². The topological polar surface area (TPSA) is 66.5 Å². The molecule has 1 aliphatic rings. The van der Waals surface area contributed by atoms with Crippen molar-refractivity contribution in [2.45, 2.75) is 44.9 Å². The number of rotatable bonds is 7. The average Bonchev–Trinajstić information content (AvgIpc) is 2.75. The lowest BCUT2D eigenvalue weighted by molar-refractivity contribution is -0.126. The fourth-order valence-corrected chi connectivity index (χ4v) is 5.99. The van der Waals surface area contributed by atoms with Crippen molar-refractivity contribution in [3.05, 3.63) is 69.2 Å². The van der Waals surface area contributed by atoms with E-state index >= 15 is 0 Å². The largest absolute Gasteiger partial charge is 0.349 e. The van der Waals surface area contributed by atoms with Crippen LogP contribution in [0, 0.1) is 5.92 Å². The number of hydrogen-bond donors (Lipinski definition) is 1. The maximum atomic E-state index is 13.0. The minimum absolute atomic E-state index is 0.114. The maximum absolute atomic E-state index is 13.0. The summed E-state index contributed by atoms with van der Waals surface area (Å²) in [4.78, 5) is 12.9. The van der Waals surface area contributed by atoms with E-state index in [1.165, 1.54) is 15.9 Å². The van der Waals surface area contributed by atoms with Crippen LogP contribution in [0.3, 0.4) is 0 Å². The summed E-state index contributed by atoms with van der Waals surface area (Å²) in [6.45, 7) is 4.63. The second-order valence-electron chi connectivity index (χ2n) is 8.01. The molecule has 0 radical (unpaired) electrons. The van der Waals surface area contributed by atoms with Gasteiger partial charge in [0.2, 0.25) is 15.9 Å². The van der Waals surface area contributed by atoms with E-state index in [0.29, 0.717) is 35.0 Å². The predicted octanol–water partition coefficient (Wildman–Crippen LogP) is 4.98. The quantitative estimate of drug-likeness (QED) is 0.605. The molecule has 1 heterocycles. The second-order valence-corrected chi connectivity index (χ2v) is 10.8. The van der Waals surface area contributed by atoms with E-state index < -0.39 is 10.0 Å². The number of piperidine rings is 1. The van der Waals surface area contributed by atoms with Crippen molar-refractivity contribution in [2.24, 2.45) is 5.92 Å². The molecule has 1 amide bonds. The summed E-state index contributed by atoms with van der Waals surface area (Å²) in [5.41, 5.74) is 2.78. The van der Waals surface area contributed by atoms with Crippen LogP contribution in [0.2, 0.25) is 10.0 Å². The van der Waals surface area contributed by atoms with Crippen LogP contribution >= 0.6 is 23.2 Å². The number of benzene rings is 2. The number of aryl methyl sites for hydroxylation is 1. The number of carbonyl (C=O) groups excluding carboxylic acids is 1. The number of carbonyl (C=O) groups is 1. The minimum atomic E-state index is -3.60. The molecule has 5 nitrogen and oxygen atoms in total. The zero-order chi connectivity index (χ0) is 22.6. The zero-order valence-corrected chi connectivity index (χ0v) is 20.1. The fraction of sp³-hybridized carbons (Fsp3) is 0.435. The van der Waals surface area contributed by atoms with Gasteiger partial charge in [-0.1, -0.05) is 60.5 Å². The highest BCUT2D eigenvalue weighted by molar-refractivity contribution is 7.88. The van der Waals surface area contributed by atoms with Crippen molar-refractivity contribution < 1.29 is 13.2 Å². The molecular weight excluding hydrogens is 455 g/mol. The van der Waals surface area contributed by atoms with Crippen molar-refractivity contribution in [1.82, 2.24) is 9.62 Å². The summed E-state index contributed by atoms with van der Waals surface area (Å²) in [6.07, 6.45) is 2.28. The molecule has 2 aromatic rings. The first-order chi connectivity index (χ1) is 14.7. The highest BCUT2D eigenvalue weighted by atomic mass is 35.5. The van der Waals surface area contributed by atoms with Crippen molar-refractivity contribution >= 4 is 39.1 Å². The van der Waals surface area contributed by atoms with E-state index in [1.54, 1.807) is 12.1 Å². The van der Waals surface area contributed by atoms with Crippen LogP contribution in [0.1, 0.15) is 49.4 Å². The van der Waals surface area contributed by atoms with E-state index in [1.807, 2.05) is 19.1 Å². The molecule has 2 atom stereocenters. The lowest BCUT2D eigenvalue weighted by Crippen LogP contribution is -2.46. The smallest absolute Gasteiger partial charge is 0.224 e. The van der Waals surface area contributed by atoms with E-state index in [2.05, 4.69) is 24.4 Å². The highest BCUT2D eigenvalue weighted by Crippen LogP contribution is 2.27. The number of sulfonamides is 1. The minimum Gasteiger partial charge on any atom is -0.349 e. The molecule has 1 saturated heterocycles. The Balaban J connectivity index is 1.63. The lowest BCUT2D eigenvalue weighted by Gasteiger charge is -2.32. The van der Waals surface area contributed by atoms with Crippen LogP contribution in [0.25, 0.3) is 0 Å². The van der Waals surface area contributed by atoms with Gasteiger partial charge in [-0.05, 0) is 55.0 Å². The molecule has 0 spiro atoms. The number of halogens is 2. The number of amides is 1. The first kappa shape index (κ1) is 24.1.